The van der Waals surface area contributed by atoms with Gasteiger partial charge in [0.15, 0.2) is 5.84 Å². The highest BCUT2D eigenvalue weighted by molar-refractivity contribution is 5.96. The van der Waals surface area contributed by atoms with E-state index in [0.29, 0.717) is 11.9 Å². The van der Waals surface area contributed by atoms with Crippen LogP contribution in [0.2, 0.25) is 0 Å². The van der Waals surface area contributed by atoms with Crippen molar-refractivity contribution in [2.45, 2.75) is 31.7 Å². The number of aromatic nitrogens is 2. The third-order valence-electron chi connectivity index (χ3n) is 2.73. The van der Waals surface area contributed by atoms with Crippen molar-refractivity contribution in [3.63, 3.8) is 0 Å². The van der Waals surface area contributed by atoms with Crippen LogP contribution in [-0.4, -0.2) is 21.7 Å². The Morgan fingerprint density at radius 2 is 2.33 bits per heavy atom. The molecule has 0 saturated heterocycles. The van der Waals surface area contributed by atoms with Crippen molar-refractivity contribution in [3.05, 3.63) is 18.0 Å². The molecule has 0 amide bonds. The summed E-state index contributed by atoms with van der Waals surface area (Å²) in [5, 5.41) is 4.27. The van der Waals surface area contributed by atoms with Crippen molar-refractivity contribution in [3.8, 4) is 0 Å². The maximum Gasteiger partial charge on any atom is 0.163 e. The number of aliphatic imine (C=N–C) groups is 1. The van der Waals surface area contributed by atoms with Gasteiger partial charge in [-0.15, -0.1) is 0 Å². The van der Waals surface area contributed by atoms with Crippen molar-refractivity contribution >= 4 is 5.84 Å². The molecule has 0 bridgehead atoms. The molecule has 0 aliphatic heterocycles. The Labute approximate surface area is 89.3 Å². The highest BCUT2D eigenvalue weighted by atomic mass is 15.3. The van der Waals surface area contributed by atoms with E-state index in [9.17, 15) is 0 Å². The lowest BCUT2D eigenvalue weighted by atomic mass is 10.2. The van der Waals surface area contributed by atoms with Crippen molar-refractivity contribution < 1.29 is 0 Å². The van der Waals surface area contributed by atoms with E-state index in [0.717, 1.165) is 18.5 Å². The normalized spacial score (nSPS) is 18.4. The summed E-state index contributed by atoms with van der Waals surface area (Å²) in [5.41, 5.74) is 3.44. The highest BCUT2D eigenvalue weighted by Gasteiger charge is 2.15. The third kappa shape index (κ3) is 2.36. The minimum atomic E-state index is 0.415. The Balaban J connectivity index is 2.15. The van der Waals surface area contributed by atoms with Gasteiger partial charge in [0.2, 0.25) is 0 Å². The maximum absolute atomic E-state index is 5.46. The second-order valence-corrected chi connectivity index (χ2v) is 3.93. The van der Waals surface area contributed by atoms with Gasteiger partial charge in [0.25, 0.3) is 0 Å². The zero-order chi connectivity index (χ0) is 10.7. The minimum absolute atomic E-state index is 0.415. The number of rotatable bonds is 2. The van der Waals surface area contributed by atoms with Crippen LogP contribution in [0, 0.1) is 0 Å². The lowest BCUT2D eigenvalue weighted by molar-refractivity contribution is 0.697. The molecule has 1 aromatic rings. The van der Waals surface area contributed by atoms with Gasteiger partial charge in [-0.2, -0.15) is 5.10 Å². The van der Waals surface area contributed by atoms with Crippen molar-refractivity contribution in [1.29, 1.82) is 0 Å². The summed E-state index contributed by atoms with van der Waals surface area (Å²) in [4.78, 5) is 4.58. The van der Waals surface area contributed by atoms with Gasteiger partial charge in [-0.25, -0.2) is 5.84 Å². The molecule has 5 heteroatoms. The molecule has 5 nitrogen and oxygen atoms in total. The number of hydrogen-bond acceptors (Lipinski definition) is 3. The van der Waals surface area contributed by atoms with Crippen LogP contribution >= 0.6 is 0 Å². The van der Waals surface area contributed by atoms with E-state index >= 15 is 0 Å². The first-order valence-electron chi connectivity index (χ1n) is 5.34. The zero-order valence-corrected chi connectivity index (χ0v) is 8.98. The summed E-state index contributed by atoms with van der Waals surface area (Å²) < 4.78 is 1.75. The molecule has 1 aliphatic carbocycles. The average Bonchev–Trinajstić information content (AvgIpc) is 2.85. The monoisotopic (exact) mass is 207 g/mol. The molecule has 82 valence electrons. The fourth-order valence-corrected chi connectivity index (χ4v) is 1.93. The van der Waals surface area contributed by atoms with Crippen LogP contribution in [-0.2, 0) is 7.05 Å². The van der Waals surface area contributed by atoms with E-state index in [1.165, 1.54) is 12.8 Å². The molecule has 3 N–H and O–H groups in total. The van der Waals surface area contributed by atoms with E-state index in [1.54, 1.807) is 4.68 Å². The van der Waals surface area contributed by atoms with Crippen molar-refractivity contribution in [2.75, 3.05) is 0 Å². The second kappa shape index (κ2) is 4.44. The van der Waals surface area contributed by atoms with E-state index in [4.69, 9.17) is 5.84 Å². The predicted octanol–water partition coefficient (Wildman–Crippen LogP) is 0.573. The van der Waals surface area contributed by atoms with Gasteiger partial charge in [-0.05, 0) is 18.9 Å². The molecule has 1 aliphatic rings. The quantitative estimate of drug-likeness (QED) is 0.322. The molecular weight excluding hydrogens is 190 g/mol. The van der Waals surface area contributed by atoms with Crippen molar-refractivity contribution in [1.82, 2.24) is 15.2 Å². The van der Waals surface area contributed by atoms with E-state index < -0.39 is 0 Å². The smallest absolute Gasteiger partial charge is 0.163 e. The molecule has 1 heterocycles. The summed E-state index contributed by atoms with van der Waals surface area (Å²) in [5.74, 6) is 6.16. The number of nitrogens with zero attached hydrogens (tertiary/aromatic N) is 3. The molecule has 0 radical (unpaired) electrons. The lowest BCUT2D eigenvalue weighted by Gasteiger charge is -2.06. The van der Waals surface area contributed by atoms with Gasteiger partial charge in [0.1, 0.15) is 5.69 Å². The van der Waals surface area contributed by atoms with Crippen LogP contribution in [0.4, 0.5) is 0 Å². The molecule has 0 spiro atoms. The Morgan fingerprint density at radius 1 is 1.60 bits per heavy atom. The Bertz CT molecular complexity index is 348. The number of amidine groups is 1. The van der Waals surface area contributed by atoms with Gasteiger partial charge in [0.05, 0.1) is 6.04 Å². The molecule has 1 saturated carbocycles. The van der Waals surface area contributed by atoms with E-state index in [1.807, 2.05) is 19.3 Å². The number of nitrogens with one attached hydrogen (secondary N) is 1. The maximum atomic E-state index is 5.46. The predicted molar refractivity (Wildman–Crippen MR) is 59.3 cm³/mol. The SMILES string of the molecule is Cn1ccc(C(=NC2CCCC2)NN)n1. The average molecular weight is 207 g/mol. The van der Waals surface area contributed by atoms with Crippen LogP contribution < -0.4 is 11.3 Å². The summed E-state index contributed by atoms with van der Waals surface area (Å²) in [6.07, 6.45) is 6.76. The van der Waals surface area contributed by atoms with Crippen molar-refractivity contribution in [2.24, 2.45) is 17.9 Å². The first kappa shape index (κ1) is 10.2. The van der Waals surface area contributed by atoms with Crippen LogP contribution in [0.1, 0.15) is 31.4 Å². The molecule has 1 fully saturated rings. The van der Waals surface area contributed by atoms with Crippen LogP contribution in [0.5, 0.6) is 0 Å². The Kier molecular flexibility index (Phi) is 3.01. The molecule has 0 aromatic carbocycles. The number of aryl methyl sites for hydroxylation is 1. The van der Waals surface area contributed by atoms with Crippen LogP contribution in [0.15, 0.2) is 17.3 Å². The van der Waals surface area contributed by atoms with Gasteiger partial charge >= 0.3 is 0 Å². The third-order valence-corrected chi connectivity index (χ3v) is 2.73. The molecule has 15 heavy (non-hydrogen) atoms. The first-order chi connectivity index (χ1) is 7.29. The van der Waals surface area contributed by atoms with Gasteiger partial charge in [-0.3, -0.25) is 9.67 Å². The van der Waals surface area contributed by atoms with E-state index in [-0.39, 0.29) is 0 Å². The van der Waals surface area contributed by atoms with Gasteiger partial charge < -0.3 is 5.43 Å². The summed E-state index contributed by atoms with van der Waals surface area (Å²) >= 11 is 0. The number of hydrazine groups is 1. The number of hydrogen-bond donors (Lipinski definition) is 2. The largest absolute Gasteiger partial charge is 0.307 e. The van der Waals surface area contributed by atoms with Gasteiger partial charge in [0, 0.05) is 13.2 Å². The van der Waals surface area contributed by atoms with Crippen LogP contribution in [0.25, 0.3) is 0 Å². The van der Waals surface area contributed by atoms with Gasteiger partial charge in [-0.1, -0.05) is 12.8 Å². The Hall–Kier alpha value is -1.36. The lowest BCUT2D eigenvalue weighted by Crippen LogP contribution is -2.32. The first-order valence-corrected chi connectivity index (χ1v) is 5.34. The topological polar surface area (TPSA) is 68.2 Å². The number of nitrogens with two attached hydrogens (primary N) is 1. The highest BCUT2D eigenvalue weighted by Crippen LogP contribution is 2.21. The summed E-state index contributed by atoms with van der Waals surface area (Å²) in [7, 11) is 1.88. The standard InChI is InChI=1S/C10H17N5/c1-15-7-6-9(14-15)10(13-11)12-8-4-2-3-5-8/h6-8H,2-5,11H2,1H3,(H,12,13). The molecule has 1 aromatic heterocycles. The fraction of sp³-hybridized carbons (Fsp3) is 0.600. The molecule has 0 atom stereocenters. The molecule has 2 rings (SSSR count). The molecule has 0 unspecified atom stereocenters. The minimum Gasteiger partial charge on any atom is -0.307 e. The summed E-state index contributed by atoms with van der Waals surface area (Å²) in [6.45, 7) is 0. The zero-order valence-electron chi connectivity index (χ0n) is 8.98. The van der Waals surface area contributed by atoms with E-state index in [2.05, 4.69) is 15.5 Å². The molecular formula is C10H17N5. The Morgan fingerprint density at radius 3 is 2.87 bits per heavy atom. The summed E-state index contributed by atoms with van der Waals surface area (Å²) in [6, 6.07) is 2.33. The second-order valence-electron chi connectivity index (χ2n) is 3.93. The van der Waals surface area contributed by atoms with Crippen LogP contribution in [0.3, 0.4) is 0 Å². The fourth-order valence-electron chi connectivity index (χ4n) is 1.93.